The molecule has 2 atom stereocenters. The second-order valence-corrected chi connectivity index (χ2v) is 5.39. The third-order valence-electron chi connectivity index (χ3n) is 3.91. The van der Waals surface area contributed by atoms with Crippen LogP contribution in [0.3, 0.4) is 0 Å². The van der Waals surface area contributed by atoms with E-state index >= 15 is 0 Å². The van der Waals surface area contributed by atoms with Gasteiger partial charge in [-0.05, 0) is 44.4 Å². The van der Waals surface area contributed by atoms with Gasteiger partial charge in [0.05, 0.1) is 12.7 Å². The first kappa shape index (κ1) is 15.8. The highest BCUT2D eigenvalue weighted by Crippen LogP contribution is 2.34. The molecule has 0 aliphatic heterocycles. The van der Waals surface area contributed by atoms with Gasteiger partial charge in [0, 0.05) is 19.2 Å². The van der Waals surface area contributed by atoms with Crippen LogP contribution in [-0.4, -0.2) is 31.3 Å². The number of anilines is 1. The normalized spacial score (nSPS) is 25.4. The zero-order valence-corrected chi connectivity index (χ0v) is 12.5. The first-order valence-corrected chi connectivity index (χ1v) is 7.33. The molecule has 0 bridgehead atoms. The monoisotopic (exact) mass is 295 g/mol. The van der Waals surface area contributed by atoms with Gasteiger partial charge in [0.1, 0.15) is 11.4 Å². The maximum atomic E-state index is 13.4. The molecule has 0 saturated heterocycles. The molecule has 0 spiro atoms. The van der Waals surface area contributed by atoms with Gasteiger partial charge in [-0.1, -0.05) is 6.07 Å². The van der Waals surface area contributed by atoms with Crippen molar-refractivity contribution >= 4 is 11.7 Å². The van der Waals surface area contributed by atoms with Gasteiger partial charge >= 0.3 is 5.97 Å². The summed E-state index contributed by atoms with van der Waals surface area (Å²) in [5.74, 6) is -0.630. The molecule has 4 nitrogen and oxygen atoms in total. The van der Waals surface area contributed by atoms with E-state index in [0.717, 1.165) is 12.8 Å². The number of nitrogens with one attached hydrogen (secondary N) is 1. The van der Waals surface area contributed by atoms with Gasteiger partial charge in [-0.3, -0.25) is 0 Å². The lowest BCUT2D eigenvalue weighted by molar-refractivity contribution is -0.151. The quantitative estimate of drug-likeness (QED) is 0.848. The molecule has 1 aromatic carbocycles. The van der Waals surface area contributed by atoms with Gasteiger partial charge < -0.3 is 14.8 Å². The van der Waals surface area contributed by atoms with Crippen molar-refractivity contribution in [3.05, 3.63) is 30.1 Å². The summed E-state index contributed by atoms with van der Waals surface area (Å²) in [5.41, 5.74) is -0.261. The number of methoxy groups -OCH3 is 1. The first-order valence-electron chi connectivity index (χ1n) is 7.33. The SMILES string of the molecule is CCOC(=O)C1(Nc2cccc(F)c2)CCCC(OC)C1. The second-order valence-electron chi connectivity index (χ2n) is 5.39. The van der Waals surface area contributed by atoms with Gasteiger partial charge in [-0.2, -0.15) is 0 Å². The van der Waals surface area contributed by atoms with E-state index in [4.69, 9.17) is 9.47 Å². The second kappa shape index (κ2) is 6.89. The molecule has 21 heavy (non-hydrogen) atoms. The highest BCUT2D eigenvalue weighted by molar-refractivity contribution is 5.84. The number of benzene rings is 1. The third kappa shape index (κ3) is 3.73. The van der Waals surface area contributed by atoms with Gasteiger partial charge in [0.15, 0.2) is 0 Å². The summed E-state index contributed by atoms with van der Waals surface area (Å²) in [5, 5.41) is 3.19. The zero-order valence-electron chi connectivity index (χ0n) is 12.5. The minimum absolute atomic E-state index is 0.00390. The molecular formula is C16H22FNO3. The average molecular weight is 295 g/mol. The molecule has 1 N–H and O–H groups in total. The minimum Gasteiger partial charge on any atom is -0.464 e. The van der Waals surface area contributed by atoms with Crippen LogP contribution in [0.25, 0.3) is 0 Å². The van der Waals surface area contributed by atoms with Crippen molar-refractivity contribution in [2.45, 2.75) is 44.2 Å². The predicted molar refractivity (Wildman–Crippen MR) is 78.7 cm³/mol. The molecule has 1 fully saturated rings. The lowest BCUT2D eigenvalue weighted by Gasteiger charge is -2.39. The Hall–Kier alpha value is -1.62. The summed E-state index contributed by atoms with van der Waals surface area (Å²) in [6, 6.07) is 6.13. The van der Waals surface area contributed by atoms with Crippen molar-refractivity contribution in [2.75, 3.05) is 19.0 Å². The smallest absolute Gasteiger partial charge is 0.331 e. The van der Waals surface area contributed by atoms with Crippen molar-refractivity contribution in [1.82, 2.24) is 0 Å². The Morgan fingerprint density at radius 3 is 3.00 bits per heavy atom. The molecule has 1 aromatic rings. The van der Waals surface area contributed by atoms with E-state index < -0.39 is 5.54 Å². The van der Waals surface area contributed by atoms with Crippen LogP contribution in [0.1, 0.15) is 32.6 Å². The summed E-state index contributed by atoms with van der Waals surface area (Å²) in [7, 11) is 1.65. The standard InChI is InChI=1S/C16H22FNO3/c1-3-21-15(19)16(9-5-8-14(11-16)20-2)18-13-7-4-6-12(17)10-13/h4,6-7,10,14,18H,3,5,8-9,11H2,1-2H3. The van der Waals surface area contributed by atoms with Crippen LogP contribution in [0.15, 0.2) is 24.3 Å². The minimum atomic E-state index is -0.845. The van der Waals surface area contributed by atoms with Gasteiger partial charge in [-0.15, -0.1) is 0 Å². The van der Waals surface area contributed by atoms with Crippen molar-refractivity contribution in [3.63, 3.8) is 0 Å². The highest BCUT2D eigenvalue weighted by atomic mass is 19.1. The van der Waals surface area contributed by atoms with Gasteiger partial charge in [0.2, 0.25) is 0 Å². The Morgan fingerprint density at radius 2 is 2.33 bits per heavy atom. The number of hydrogen-bond donors (Lipinski definition) is 1. The van der Waals surface area contributed by atoms with Gasteiger partial charge in [0.25, 0.3) is 0 Å². The molecule has 0 heterocycles. The lowest BCUT2D eigenvalue weighted by atomic mass is 9.79. The molecule has 0 radical (unpaired) electrons. The molecular weight excluding hydrogens is 273 g/mol. The summed E-state index contributed by atoms with van der Waals surface area (Å²) >= 11 is 0. The molecule has 1 aliphatic carbocycles. The Morgan fingerprint density at radius 1 is 1.52 bits per heavy atom. The predicted octanol–water partition coefficient (Wildman–Crippen LogP) is 3.13. The summed E-state index contributed by atoms with van der Waals surface area (Å²) in [4.78, 5) is 12.4. The fraction of sp³-hybridized carbons (Fsp3) is 0.562. The average Bonchev–Trinajstić information content (AvgIpc) is 2.47. The lowest BCUT2D eigenvalue weighted by Crippen LogP contribution is -2.52. The molecule has 2 unspecified atom stereocenters. The van der Waals surface area contributed by atoms with Crippen molar-refractivity contribution in [2.24, 2.45) is 0 Å². The number of carbonyl (C=O) groups excluding carboxylic acids is 1. The van der Waals surface area contributed by atoms with Gasteiger partial charge in [-0.25, -0.2) is 9.18 Å². The van der Waals surface area contributed by atoms with Crippen LogP contribution >= 0.6 is 0 Å². The van der Waals surface area contributed by atoms with Crippen LogP contribution in [0, 0.1) is 5.82 Å². The van der Waals surface area contributed by atoms with Crippen LogP contribution in [0.4, 0.5) is 10.1 Å². The summed E-state index contributed by atoms with van der Waals surface area (Å²) in [6.07, 6.45) is 2.97. The molecule has 5 heteroatoms. The fourth-order valence-corrected chi connectivity index (χ4v) is 2.89. The van der Waals surface area contributed by atoms with Crippen molar-refractivity contribution in [1.29, 1.82) is 0 Å². The van der Waals surface area contributed by atoms with Crippen molar-refractivity contribution in [3.8, 4) is 0 Å². The van der Waals surface area contributed by atoms with E-state index in [1.165, 1.54) is 12.1 Å². The maximum Gasteiger partial charge on any atom is 0.331 e. The zero-order chi connectivity index (χ0) is 15.3. The Balaban J connectivity index is 2.25. The third-order valence-corrected chi connectivity index (χ3v) is 3.91. The number of rotatable bonds is 5. The molecule has 1 aliphatic rings. The largest absolute Gasteiger partial charge is 0.464 e. The molecule has 116 valence electrons. The fourth-order valence-electron chi connectivity index (χ4n) is 2.89. The molecule has 0 amide bonds. The number of esters is 1. The first-order chi connectivity index (χ1) is 10.1. The topological polar surface area (TPSA) is 47.6 Å². The van der Waals surface area contributed by atoms with E-state index in [-0.39, 0.29) is 17.9 Å². The van der Waals surface area contributed by atoms with Crippen LogP contribution in [0.2, 0.25) is 0 Å². The van der Waals surface area contributed by atoms with Crippen LogP contribution in [0.5, 0.6) is 0 Å². The van der Waals surface area contributed by atoms with Crippen LogP contribution < -0.4 is 5.32 Å². The Kier molecular flexibility index (Phi) is 5.17. The van der Waals surface area contributed by atoms with E-state index in [9.17, 15) is 9.18 Å². The Labute approximate surface area is 124 Å². The van der Waals surface area contributed by atoms with E-state index in [2.05, 4.69) is 5.32 Å². The highest BCUT2D eigenvalue weighted by Gasteiger charge is 2.44. The Bertz CT molecular complexity index is 494. The number of halogens is 1. The van der Waals surface area contributed by atoms with Crippen molar-refractivity contribution < 1.29 is 18.7 Å². The van der Waals surface area contributed by atoms with E-state index in [1.54, 1.807) is 26.2 Å². The number of carbonyl (C=O) groups is 1. The van der Waals surface area contributed by atoms with Crippen LogP contribution in [-0.2, 0) is 14.3 Å². The van der Waals surface area contributed by atoms with E-state index in [1.807, 2.05) is 0 Å². The maximum absolute atomic E-state index is 13.4. The number of hydrogen-bond acceptors (Lipinski definition) is 4. The van der Waals surface area contributed by atoms with E-state index in [0.29, 0.717) is 25.1 Å². The summed E-state index contributed by atoms with van der Waals surface area (Å²) in [6.45, 7) is 2.10. The molecule has 0 aromatic heterocycles. The number of ether oxygens (including phenoxy) is 2. The summed E-state index contributed by atoms with van der Waals surface area (Å²) < 4.78 is 24.0. The molecule has 1 saturated carbocycles. The molecule has 2 rings (SSSR count).